The lowest BCUT2D eigenvalue weighted by Gasteiger charge is -2.10. The normalized spacial score (nSPS) is 12.5. The maximum Gasteiger partial charge on any atom is 0.240 e. The zero-order valence-corrected chi connectivity index (χ0v) is 18.5. The molecule has 30 heavy (non-hydrogen) atoms. The molecule has 7 nitrogen and oxygen atoms in total. The van der Waals surface area contributed by atoms with E-state index >= 15 is 0 Å². The molecule has 2 N–H and O–H groups in total. The van der Waals surface area contributed by atoms with Gasteiger partial charge < -0.3 is 5.32 Å². The average Bonchev–Trinajstić information content (AvgIpc) is 3.15. The Balaban J connectivity index is 1.48. The molecule has 1 unspecified atom stereocenters. The van der Waals surface area contributed by atoms with Gasteiger partial charge in [0.15, 0.2) is 0 Å². The Hall–Kier alpha value is -2.62. The summed E-state index contributed by atoms with van der Waals surface area (Å²) in [5.41, 5.74) is 2.10. The molecule has 0 bridgehead atoms. The number of hydrogen-bond acceptors (Lipinski definition) is 6. The molecule has 2 aromatic carbocycles. The lowest BCUT2D eigenvalue weighted by Crippen LogP contribution is -2.25. The Kier molecular flexibility index (Phi) is 7.30. The van der Waals surface area contributed by atoms with Crippen molar-refractivity contribution in [1.29, 1.82) is 0 Å². The van der Waals surface area contributed by atoms with Crippen LogP contribution >= 0.6 is 11.3 Å². The number of aromatic nitrogens is 2. The summed E-state index contributed by atoms with van der Waals surface area (Å²) in [6, 6.07) is 16.5. The minimum atomic E-state index is -3.56. The van der Waals surface area contributed by atoms with Crippen LogP contribution in [0.3, 0.4) is 0 Å². The maximum absolute atomic E-state index is 12.3. The number of hydrogen-bond donors (Lipinski definition) is 2. The molecule has 3 aromatic rings. The van der Waals surface area contributed by atoms with Crippen molar-refractivity contribution in [3.8, 4) is 0 Å². The van der Waals surface area contributed by atoms with E-state index in [-0.39, 0.29) is 23.3 Å². The van der Waals surface area contributed by atoms with E-state index < -0.39 is 10.0 Å². The number of amides is 1. The summed E-state index contributed by atoms with van der Waals surface area (Å²) < 4.78 is 27.2. The third-order valence-electron chi connectivity index (χ3n) is 4.54. The topological polar surface area (TPSA) is 101 Å². The van der Waals surface area contributed by atoms with Gasteiger partial charge in [0.25, 0.3) is 0 Å². The fourth-order valence-electron chi connectivity index (χ4n) is 2.85. The molecular weight excluding hydrogens is 420 g/mol. The maximum atomic E-state index is 12.3. The van der Waals surface area contributed by atoms with E-state index in [4.69, 9.17) is 0 Å². The Labute approximate surface area is 180 Å². The number of anilines is 1. The zero-order valence-electron chi connectivity index (χ0n) is 16.8. The van der Waals surface area contributed by atoms with Gasteiger partial charge >= 0.3 is 0 Å². The molecule has 0 aliphatic rings. The van der Waals surface area contributed by atoms with E-state index in [1.807, 2.05) is 44.2 Å². The van der Waals surface area contributed by atoms with Gasteiger partial charge in [0.05, 0.1) is 4.90 Å². The second-order valence-corrected chi connectivity index (χ2v) is 9.85. The monoisotopic (exact) mass is 444 g/mol. The van der Waals surface area contributed by atoms with Crippen molar-refractivity contribution in [2.75, 3.05) is 11.9 Å². The molecule has 1 heterocycles. The van der Waals surface area contributed by atoms with Crippen LogP contribution in [0, 0.1) is 6.92 Å². The molecule has 1 aromatic heterocycles. The van der Waals surface area contributed by atoms with E-state index in [1.165, 1.54) is 11.3 Å². The van der Waals surface area contributed by atoms with Crippen molar-refractivity contribution < 1.29 is 13.2 Å². The first-order chi connectivity index (χ1) is 14.3. The van der Waals surface area contributed by atoms with E-state index in [9.17, 15) is 13.2 Å². The predicted octanol–water partition coefficient (Wildman–Crippen LogP) is 3.50. The summed E-state index contributed by atoms with van der Waals surface area (Å²) in [7, 11) is -3.56. The van der Waals surface area contributed by atoms with Gasteiger partial charge in [-0.2, -0.15) is 0 Å². The van der Waals surface area contributed by atoms with Crippen molar-refractivity contribution in [2.45, 2.75) is 37.5 Å². The van der Waals surface area contributed by atoms with Gasteiger partial charge in [-0.05, 0) is 30.5 Å². The van der Waals surface area contributed by atoms with Crippen LogP contribution in [-0.2, 0) is 21.2 Å². The van der Waals surface area contributed by atoms with Crippen molar-refractivity contribution in [2.24, 2.45) is 0 Å². The first-order valence-electron chi connectivity index (χ1n) is 9.57. The predicted molar refractivity (Wildman–Crippen MR) is 118 cm³/mol. The highest BCUT2D eigenvalue weighted by atomic mass is 32.2. The van der Waals surface area contributed by atoms with Crippen LogP contribution in [0.15, 0.2) is 59.5 Å². The van der Waals surface area contributed by atoms with E-state index in [2.05, 4.69) is 20.2 Å². The average molecular weight is 445 g/mol. The quantitative estimate of drug-likeness (QED) is 0.526. The standard InChI is InChI=1S/C21H24N4O3S2/c1-15-8-10-18(11-9-15)30(27,28)22-13-12-20-24-25-21(29-20)23-19(26)14-16(2)17-6-4-3-5-7-17/h3-11,16,22H,12-14H2,1-2H3,(H,23,25,26). The third kappa shape index (κ3) is 6.19. The Bertz CT molecular complexity index is 1080. The highest BCUT2D eigenvalue weighted by Gasteiger charge is 2.15. The van der Waals surface area contributed by atoms with Gasteiger partial charge in [-0.25, -0.2) is 13.1 Å². The number of sulfonamides is 1. The zero-order chi connectivity index (χ0) is 21.6. The van der Waals surface area contributed by atoms with Crippen LogP contribution in [0.25, 0.3) is 0 Å². The van der Waals surface area contributed by atoms with Crippen LogP contribution in [0.1, 0.15) is 35.4 Å². The first-order valence-corrected chi connectivity index (χ1v) is 11.9. The number of nitrogens with zero attached hydrogens (tertiary/aromatic N) is 2. The minimum Gasteiger partial charge on any atom is -0.301 e. The van der Waals surface area contributed by atoms with Crippen molar-refractivity contribution in [3.05, 3.63) is 70.7 Å². The van der Waals surface area contributed by atoms with Gasteiger partial charge in [-0.3, -0.25) is 4.79 Å². The lowest BCUT2D eigenvalue weighted by molar-refractivity contribution is -0.116. The molecule has 158 valence electrons. The van der Waals surface area contributed by atoms with Crippen LogP contribution in [0.2, 0.25) is 0 Å². The van der Waals surface area contributed by atoms with Crippen molar-refractivity contribution in [1.82, 2.24) is 14.9 Å². The smallest absolute Gasteiger partial charge is 0.240 e. The van der Waals surface area contributed by atoms with E-state index in [0.29, 0.717) is 23.0 Å². The van der Waals surface area contributed by atoms with Gasteiger partial charge in [0, 0.05) is 19.4 Å². The molecule has 1 atom stereocenters. The van der Waals surface area contributed by atoms with Crippen molar-refractivity contribution >= 4 is 32.4 Å². The van der Waals surface area contributed by atoms with E-state index in [0.717, 1.165) is 11.1 Å². The number of rotatable bonds is 9. The summed E-state index contributed by atoms with van der Waals surface area (Å²) >= 11 is 1.24. The van der Waals surface area contributed by atoms with Crippen LogP contribution in [0.4, 0.5) is 5.13 Å². The second-order valence-electron chi connectivity index (χ2n) is 7.03. The Morgan fingerprint density at radius 1 is 1.07 bits per heavy atom. The summed E-state index contributed by atoms with van der Waals surface area (Å²) in [5, 5.41) is 11.8. The third-order valence-corrected chi connectivity index (χ3v) is 6.91. The number of aryl methyl sites for hydroxylation is 1. The van der Waals surface area contributed by atoms with Gasteiger partial charge in [0.1, 0.15) is 5.01 Å². The van der Waals surface area contributed by atoms with Gasteiger partial charge in [0.2, 0.25) is 21.1 Å². The molecule has 0 aliphatic carbocycles. The van der Waals surface area contributed by atoms with Crippen LogP contribution < -0.4 is 10.0 Å². The van der Waals surface area contributed by atoms with E-state index in [1.54, 1.807) is 24.3 Å². The lowest BCUT2D eigenvalue weighted by atomic mass is 9.98. The molecule has 0 spiro atoms. The molecule has 0 saturated heterocycles. The number of carbonyl (C=O) groups excluding carboxylic acids is 1. The summed E-state index contributed by atoms with van der Waals surface area (Å²) in [4.78, 5) is 12.5. The molecule has 0 aliphatic heterocycles. The molecule has 0 saturated carbocycles. The minimum absolute atomic E-state index is 0.0924. The van der Waals surface area contributed by atoms with Gasteiger partial charge in [-0.15, -0.1) is 10.2 Å². The van der Waals surface area contributed by atoms with Gasteiger partial charge in [-0.1, -0.05) is 66.3 Å². The number of carbonyl (C=O) groups is 1. The summed E-state index contributed by atoms with van der Waals surface area (Å²) in [6.45, 7) is 4.10. The summed E-state index contributed by atoms with van der Waals surface area (Å²) in [5.74, 6) is -0.0381. The summed E-state index contributed by atoms with van der Waals surface area (Å²) in [6.07, 6.45) is 0.730. The van der Waals surface area contributed by atoms with Crippen LogP contribution in [0.5, 0.6) is 0 Å². The van der Waals surface area contributed by atoms with Crippen LogP contribution in [-0.4, -0.2) is 31.1 Å². The largest absolute Gasteiger partial charge is 0.301 e. The molecule has 1 amide bonds. The molecule has 3 rings (SSSR count). The second kappa shape index (κ2) is 9.92. The Morgan fingerprint density at radius 3 is 2.47 bits per heavy atom. The first kappa shape index (κ1) is 22.1. The highest BCUT2D eigenvalue weighted by Crippen LogP contribution is 2.21. The molecule has 0 fully saturated rings. The fourth-order valence-corrected chi connectivity index (χ4v) is 4.63. The molecule has 9 heteroatoms. The Morgan fingerprint density at radius 2 is 1.77 bits per heavy atom. The van der Waals surface area contributed by atoms with Crippen molar-refractivity contribution in [3.63, 3.8) is 0 Å². The molecule has 0 radical (unpaired) electrons. The molecular formula is C21H24N4O3S2. The number of nitrogens with one attached hydrogen (secondary N) is 2. The highest BCUT2D eigenvalue weighted by molar-refractivity contribution is 7.89. The fraction of sp³-hybridized carbons (Fsp3) is 0.286. The SMILES string of the molecule is Cc1ccc(S(=O)(=O)NCCc2nnc(NC(=O)CC(C)c3ccccc3)s2)cc1. The number of benzene rings is 2.